The molecule has 33 heavy (non-hydrogen) atoms. The Morgan fingerprint density at radius 2 is 1.76 bits per heavy atom. The maximum atomic E-state index is 13.2. The molecule has 2 fully saturated rings. The van der Waals surface area contributed by atoms with Crippen LogP contribution in [0.25, 0.3) is 0 Å². The molecule has 2 aliphatic heterocycles. The number of hydrogen-bond donors (Lipinski definition) is 1. The molecule has 0 aliphatic carbocycles. The molecule has 0 spiro atoms. The first-order valence-corrected chi connectivity index (χ1v) is 11.7. The number of nitrogen functional groups attached to an aromatic ring is 1. The fourth-order valence-corrected chi connectivity index (χ4v) is 4.84. The minimum Gasteiger partial charge on any atom is -0.399 e. The van der Waals surface area contributed by atoms with Gasteiger partial charge >= 0.3 is 0 Å². The molecule has 2 aromatic heterocycles. The van der Waals surface area contributed by atoms with E-state index < -0.39 is 0 Å². The molecule has 9 nitrogen and oxygen atoms in total. The van der Waals surface area contributed by atoms with Gasteiger partial charge in [-0.05, 0) is 57.3 Å². The van der Waals surface area contributed by atoms with Gasteiger partial charge in [0.25, 0.3) is 0 Å². The van der Waals surface area contributed by atoms with E-state index in [4.69, 9.17) is 10.6 Å². The number of hydrogen-bond acceptors (Lipinski definition) is 8. The smallest absolute Gasteiger partial charge is 0.225 e. The van der Waals surface area contributed by atoms with Gasteiger partial charge in [0.15, 0.2) is 0 Å². The van der Waals surface area contributed by atoms with Gasteiger partial charge in [-0.1, -0.05) is 11.2 Å². The van der Waals surface area contributed by atoms with Crippen LogP contribution < -0.4 is 5.73 Å². The third-order valence-corrected chi connectivity index (χ3v) is 6.70. The summed E-state index contributed by atoms with van der Waals surface area (Å²) in [5.74, 6) is 0.933. The van der Waals surface area contributed by atoms with E-state index in [-0.39, 0.29) is 11.8 Å². The van der Waals surface area contributed by atoms with Crippen molar-refractivity contribution in [2.75, 3.05) is 39.0 Å². The van der Waals surface area contributed by atoms with E-state index in [0.717, 1.165) is 80.9 Å². The van der Waals surface area contributed by atoms with Crippen molar-refractivity contribution < 1.29 is 9.63 Å². The van der Waals surface area contributed by atoms with Gasteiger partial charge in [-0.3, -0.25) is 14.7 Å². The summed E-state index contributed by atoms with van der Waals surface area (Å²) in [4.78, 5) is 35.4. The zero-order valence-electron chi connectivity index (χ0n) is 19.5. The van der Waals surface area contributed by atoms with E-state index in [0.29, 0.717) is 11.9 Å². The van der Waals surface area contributed by atoms with Crippen molar-refractivity contribution in [1.29, 1.82) is 0 Å². The SMILES string of the molecule is CON=C(c1ncccc1C)C1CCN(C(=O)C2CCN(Cc3cnc(N)nc3)CC2)CC1. The molecule has 2 aliphatic rings. The van der Waals surface area contributed by atoms with Crippen LogP contribution in [-0.2, 0) is 16.2 Å². The fraction of sp³-hybridized carbons (Fsp3) is 0.542. The molecule has 0 aromatic carbocycles. The monoisotopic (exact) mass is 451 g/mol. The lowest BCUT2D eigenvalue weighted by Crippen LogP contribution is -2.46. The molecular weight excluding hydrogens is 418 g/mol. The number of anilines is 1. The Bertz CT molecular complexity index is 963. The molecule has 2 N–H and O–H groups in total. The molecule has 9 heteroatoms. The van der Waals surface area contributed by atoms with Gasteiger partial charge in [0, 0.05) is 55.6 Å². The third-order valence-electron chi connectivity index (χ3n) is 6.70. The first-order valence-electron chi connectivity index (χ1n) is 11.7. The summed E-state index contributed by atoms with van der Waals surface area (Å²) in [7, 11) is 1.57. The maximum Gasteiger partial charge on any atom is 0.225 e. The topological polar surface area (TPSA) is 110 Å². The lowest BCUT2D eigenvalue weighted by Gasteiger charge is -2.37. The first-order chi connectivity index (χ1) is 16.0. The number of nitrogens with zero attached hydrogens (tertiary/aromatic N) is 6. The Kier molecular flexibility index (Phi) is 7.49. The van der Waals surface area contributed by atoms with Crippen molar-refractivity contribution in [2.24, 2.45) is 17.0 Å². The highest BCUT2D eigenvalue weighted by Crippen LogP contribution is 2.27. The Morgan fingerprint density at radius 1 is 1.09 bits per heavy atom. The molecule has 2 aromatic rings. The molecule has 0 saturated carbocycles. The zero-order chi connectivity index (χ0) is 23.2. The Morgan fingerprint density at radius 3 is 2.39 bits per heavy atom. The van der Waals surface area contributed by atoms with Crippen molar-refractivity contribution in [3.05, 3.63) is 47.5 Å². The molecule has 0 bridgehead atoms. The summed E-state index contributed by atoms with van der Waals surface area (Å²) in [6.45, 7) is 6.14. The standard InChI is InChI=1S/C24H33N7O2/c1-17-4-3-9-26-21(17)22(29-33-2)19-7-12-31(13-8-19)23(32)20-5-10-30(11-6-20)16-18-14-27-24(25)28-15-18/h3-4,9,14-15,19-20H,5-8,10-13,16H2,1-2H3,(H2,25,27,28). The molecule has 0 atom stereocenters. The number of piperidine rings is 2. The second-order valence-corrected chi connectivity index (χ2v) is 8.93. The highest BCUT2D eigenvalue weighted by molar-refractivity contribution is 6.01. The lowest BCUT2D eigenvalue weighted by atomic mass is 9.87. The largest absolute Gasteiger partial charge is 0.399 e. The highest BCUT2D eigenvalue weighted by atomic mass is 16.6. The van der Waals surface area contributed by atoms with Gasteiger partial charge in [0.1, 0.15) is 12.8 Å². The molecular formula is C24H33N7O2. The van der Waals surface area contributed by atoms with Crippen LogP contribution in [0.15, 0.2) is 35.9 Å². The van der Waals surface area contributed by atoms with E-state index in [1.807, 2.05) is 24.0 Å². The van der Waals surface area contributed by atoms with E-state index >= 15 is 0 Å². The van der Waals surface area contributed by atoms with E-state index in [9.17, 15) is 4.79 Å². The van der Waals surface area contributed by atoms with Crippen molar-refractivity contribution >= 4 is 17.6 Å². The van der Waals surface area contributed by atoms with E-state index in [2.05, 4.69) is 25.0 Å². The predicted octanol–water partition coefficient (Wildman–Crippen LogP) is 2.26. The molecule has 176 valence electrons. The van der Waals surface area contributed by atoms with Crippen LogP contribution in [0.2, 0.25) is 0 Å². The number of nitrogens with two attached hydrogens (primary N) is 1. The van der Waals surface area contributed by atoms with E-state index in [1.165, 1.54) is 0 Å². The van der Waals surface area contributed by atoms with Gasteiger partial charge in [0.05, 0.1) is 5.69 Å². The van der Waals surface area contributed by atoms with Crippen LogP contribution in [-0.4, -0.2) is 69.7 Å². The highest BCUT2D eigenvalue weighted by Gasteiger charge is 2.33. The Balaban J connectivity index is 1.28. The summed E-state index contributed by atoms with van der Waals surface area (Å²) in [6.07, 6.45) is 8.86. The van der Waals surface area contributed by atoms with Crippen molar-refractivity contribution in [3.63, 3.8) is 0 Å². The fourth-order valence-electron chi connectivity index (χ4n) is 4.84. The lowest BCUT2D eigenvalue weighted by molar-refractivity contribution is -0.138. The number of rotatable bonds is 6. The van der Waals surface area contributed by atoms with Gasteiger partial charge in [0.2, 0.25) is 11.9 Å². The number of amides is 1. The summed E-state index contributed by atoms with van der Waals surface area (Å²) in [6, 6.07) is 3.97. The van der Waals surface area contributed by atoms with Crippen LogP contribution >= 0.6 is 0 Å². The van der Waals surface area contributed by atoms with Crippen LogP contribution in [0.5, 0.6) is 0 Å². The molecule has 2 saturated heterocycles. The third kappa shape index (κ3) is 5.65. The maximum absolute atomic E-state index is 13.2. The molecule has 1 amide bonds. The molecule has 4 rings (SSSR count). The average molecular weight is 452 g/mol. The van der Waals surface area contributed by atoms with Gasteiger partial charge in [-0.15, -0.1) is 0 Å². The van der Waals surface area contributed by atoms with Crippen LogP contribution in [0, 0.1) is 18.8 Å². The predicted molar refractivity (Wildman–Crippen MR) is 126 cm³/mol. The molecule has 4 heterocycles. The zero-order valence-corrected chi connectivity index (χ0v) is 19.5. The van der Waals surface area contributed by atoms with E-state index in [1.54, 1.807) is 25.7 Å². The number of carbonyl (C=O) groups excluding carboxylic acids is 1. The summed E-state index contributed by atoms with van der Waals surface area (Å²) in [5.41, 5.74) is 9.48. The minimum absolute atomic E-state index is 0.102. The van der Waals surface area contributed by atoms with Gasteiger partial charge < -0.3 is 15.5 Å². The summed E-state index contributed by atoms with van der Waals surface area (Å²) >= 11 is 0. The molecule has 0 radical (unpaired) electrons. The van der Waals surface area contributed by atoms with Crippen molar-refractivity contribution in [2.45, 2.75) is 39.2 Å². The average Bonchev–Trinajstić information content (AvgIpc) is 2.85. The van der Waals surface area contributed by atoms with Crippen LogP contribution in [0.4, 0.5) is 5.95 Å². The Labute approximate surface area is 195 Å². The number of oxime groups is 1. The summed E-state index contributed by atoms with van der Waals surface area (Å²) in [5, 5.41) is 4.32. The van der Waals surface area contributed by atoms with Crippen molar-refractivity contribution in [1.82, 2.24) is 24.8 Å². The molecule has 0 unspecified atom stereocenters. The van der Waals surface area contributed by atoms with Crippen LogP contribution in [0.1, 0.15) is 42.5 Å². The second kappa shape index (κ2) is 10.7. The Hall–Kier alpha value is -3.07. The first kappa shape index (κ1) is 23.1. The normalized spacial score (nSPS) is 19.0. The van der Waals surface area contributed by atoms with Crippen molar-refractivity contribution in [3.8, 4) is 0 Å². The van der Waals surface area contributed by atoms with Crippen LogP contribution in [0.3, 0.4) is 0 Å². The number of aryl methyl sites for hydroxylation is 1. The van der Waals surface area contributed by atoms with Gasteiger partial charge in [-0.25, -0.2) is 9.97 Å². The van der Waals surface area contributed by atoms with Gasteiger partial charge in [-0.2, -0.15) is 0 Å². The summed E-state index contributed by atoms with van der Waals surface area (Å²) < 4.78 is 0. The number of carbonyl (C=O) groups is 1. The number of likely N-dealkylation sites (tertiary alicyclic amines) is 2. The minimum atomic E-state index is 0.102. The number of pyridine rings is 1. The second-order valence-electron chi connectivity index (χ2n) is 8.93. The quantitative estimate of drug-likeness (QED) is 0.530. The number of aromatic nitrogens is 3.